The molecule has 3 aliphatic rings. The quantitative estimate of drug-likeness (QED) is 0.308. The lowest BCUT2D eigenvalue weighted by atomic mass is 9.77. The van der Waals surface area contributed by atoms with Crippen LogP contribution in [0.25, 0.3) is 0 Å². The van der Waals surface area contributed by atoms with Gasteiger partial charge in [0.2, 0.25) is 17.7 Å². The van der Waals surface area contributed by atoms with Crippen molar-refractivity contribution in [3.63, 3.8) is 0 Å². The van der Waals surface area contributed by atoms with E-state index in [2.05, 4.69) is 20.9 Å². The molecule has 2 aromatic rings. The third-order valence-electron chi connectivity index (χ3n) is 9.48. The number of amides is 4. The molecule has 12 heteroatoms. The topological polar surface area (TPSA) is 140 Å². The first-order valence-electron chi connectivity index (χ1n) is 16.0. The van der Waals surface area contributed by atoms with E-state index in [1.165, 1.54) is 6.92 Å². The molecule has 3 fully saturated rings. The summed E-state index contributed by atoms with van der Waals surface area (Å²) < 4.78 is 5.94. The van der Waals surface area contributed by atoms with Crippen LogP contribution in [0.5, 0.6) is 11.5 Å². The van der Waals surface area contributed by atoms with Crippen LogP contribution in [0.15, 0.2) is 48.5 Å². The molecule has 2 heterocycles. The molecule has 1 atom stereocenters. The van der Waals surface area contributed by atoms with Crippen LogP contribution in [0.3, 0.4) is 0 Å². The molecular formula is C34H46ClN5O6. The minimum atomic E-state index is -0.983. The number of hydrogen-bond donors (Lipinski definition) is 4. The molecule has 2 aromatic carbocycles. The number of piperazine rings is 1. The highest BCUT2D eigenvalue weighted by Gasteiger charge is 2.54. The van der Waals surface area contributed by atoms with Crippen LogP contribution in [0.2, 0.25) is 0 Å². The van der Waals surface area contributed by atoms with Crippen molar-refractivity contribution in [3.05, 3.63) is 59.7 Å². The number of halogens is 1. The molecule has 5 rings (SSSR count). The van der Waals surface area contributed by atoms with Crippen LogP contribution >= 0.6 is 12.4 Å². The number of carbonyl (C=O) groups is 4. The van der Waals surface area contributed by atoms with E-state index in [1.54, 1.807) is 36.2 Å². The summed E-state index contributed by atoms with van der Waals surface area (Å²) >= 11 is 0. The third kappa shape index (κ3) is 8.18. The third-order valence-corrected chi connectivity index (χ3v) is 9.48. The second-order valence-corrected chi connectivity index (χ2v) is 12.6. The number of hydrogen-bond acceptors (Lipinski definition) is 7. The van der Waals surface area contributed by atoms with Gasteiger partial charge in [-0.25, -0.2) is 0 Å². The molecule has 0 aromatic heterocycles. The maximum atomic E-state index is 13.9. The summed E-state index contributed by atoms with van der Waals surface area (Å²) in [6.45, 7) is 3.89. The van der Waals surface area contributed by atoms with Gasteiger partial charge in [0.15, 0.2) is 0 Å². The number of piperidine rings is 1. The van der Waals surface area contributed by atoms with E-state index in [0.29, 0.717) is 62.4 Å². The molecule has 4 N–H and O–H groups in total. The van der Waals surface area contributed by atoms with E-state index >= 15 is 0 Å². The summed E-state index contributed by atoms with van der Waals surface area (Å²) in [6, 6.07) is 14.0. The smallest absolute Gasteiger partial charge is 0.251 e. The zero-order valence-corrected chi connectivity index (χ0v) is 27.5. The van der Waals surface area contributed by atoms with E-state index in [0.717, 1.165) is 24.8 Å². The average molecular weight is 656 g/mol. The number of nitrogens with one attached hydrogen (secondary N) is 3. The van der Waals surface area contributed by atoms with Crippen LogP contribution in [0.1, 0.15) is 74.2 Å². The number of nitrogens with zero attached hydrogens (tertiary/aromatic N) is 2. The SMILES string of the molecule is CNC(=O)c1ccc(Oc2ccc(CN3CCC4(CC3)C(=O)N[C@H](CC3(O)CCCCC3)C(=O)N4CCNC(C)=O)cc2)cc1.Cl. The monoisotopic (exact) mass is 655 g/mol. The Hall–Kier alpha value is -3.67. The molecule has 0 bridgehead atoms. The van der Waals surface area contributed by atoms with Crippen LogP contribution in [0, 0.1) is 0 Å². The first kappa shape index (κ1) is 35.2. The molecule has 2 aliphatic heterocycles. The Morgan fingerprint density at radius 2 is 1.57 bits per heavy atom. The number of likely N-dealkylation sites (tertiary alicyclic amines) is 1. The lowest BCUT2D eigenvalue weighted by molar-refractivity contribution is -0.163. The summed E-state index contributed by atoms with van der Waals surface area (Å²) in [7, 11) is 1.59. The first-order valence-corrected chi connectivity index (χ1v) is 16.0. The van der Waals surface area contributed by atoms with E-state index < -0.39 is 17.2 Å². The predicted octanol–water partition coefficient (Wildman–Crippen LogP) is 3.14. The molecule has 1 saturated carbocycles. The number of benzene rings is 2. The first-order chi connectivity index (χ1) is 21.6. The zero-order valence-electron chi connectivity index (χ0n) is 26.7. The summed E-state index contributed by atoms with van der Waals surface area (Å²) in [4.78, 5) is 55.0. The lowest BCUT2D eigenvalue weighted by Crippen LogP contribution is -2.74. The van der Waals surface area contributed by atoms with Gasteiger partial charge in [-0.15, -0.1) is 12.4 Å². The van der Waals surface area contributed by atoms with Gasteiger partial charge >= 0.3 is 0 Å². The summed E-state index contributed by atoms with van der Waals surface area (Å²) in [5, 5.41) is 19.5. The van der Waals surface area contributed by atoms with Crippen LogP contribution in [0.4, 0.5) is 0 Å². The molecule has 11 nitrogen and oxygen atoms in total. The molecular weight excluding hydrogens is 610 g/mol. The van der Waals surface area contributed by atoms with Gasteiger partial charge in [0.25, 0.3) is 5.91 Å². The largest absolute Gasteiger partial charge is 0.457 e. The summed E-state index contributed by atoms with van der Waals surface area (Å²) in [6.07, 6.45) is 5.36. The van der Waals surface area contributed by atoms with Gasteiger partial charge in [-0.3, -0.25) is 24.1 Å². The number of carbonyl (C=O) groups excluding carboxylic acids is 4. The second kappa shape index (κ2) is 15.3. The molecule has 1 aliphatic carbocycles. The van der Waals surface area contributed by atoms with E-state index in [1.807, 2.05) is 24.3 Å². The molecule has 0 radical (unpaired) electrons. The highest BCUT2D eigenvalue weighted by molar-refractivity contribution is 6.00. The van der Waals surface area contributed by atoms with Crippen LogP contribution < -0.4 is 20.7 Å². The Balaban J connectivity index is 0.00000480. The Kier molecular flexibility index (Phi) is 11.7. The normalized spacial score (nSPS) is 20.8. The maximum Gasteiger partial charge on any atom is 0.251 e. The van der Waals surface area contributed by atoms with Crippen molar-refractivity contribution in [3.8, 4) is 11.5 Å². The van der Waals surface area contributed by atoms with Gasteiger partial charge in [0, 0.05) is 58.7 Å². The van der Waals surface area contributed by atoms with Crippen molar-refractivity contribution in [2.45, 2.75) is 82.0 Å². The van der Waals surface area contributed by atoms with Crippen molar-refractivity contribution in [2.24, 2.45) is 0 Å². The van der Waals surface area contributed by atoms with Gasteiger partial charge in [-0.1, -0.05) is 31.4 Å². The minimum absolute atomic E-state index is 0. The van der Waals surface area contributed by atoms with Gasteiger partial charge in [0.05, 0.1) is 5.60 Å². The molecule has 0 unspecified atom stereocenters. The Bertz CT molecular complexity index is 1370. The highest BCUT2D eigenvalue weighted by atomic mass is 35.5. The van der Waals surface area contributed by atoms with E-state index in [9.17, 15) is 24.3 Å². The standard InChI is InChI=1S/C34H45N5O6.ClH/c1-24(40)36-18-21-39-31(42)29(22-33(44)14-4-3-5-15-33)37-32(43)34(39)16-19-38(20-17-34)23-25-6-10-27(11-7-25)45-28-12-8-26(9-13-28)30(41)35-2;/h6-13,29,44H,3-5,14-23H2,1-2H3,(H,35,41)(H,36,40)(H,37,43);1H/t29-;/m1./s1. The minimum Gasteiger partial charge on any atom is -0.457 e. The van der Waals surface area contributed by atoms with Crippen LogP contribution in [-0.2, 0) is 20.9 Å². The van der Waals surface area contributed by atoms with Crippen LogP contribution in [-0.4, -0.2) is 88.9 Å². The second-order valence-electron chi connectivity index (χ2n) is 12.6. The molecule has 2 saturated heterocycles. The summed E-state index contributed by atoms with van der Waals surface area (Å²) in [5.41, 5.74) is -0.267. The molecule has 1 spiro atoms. The maximum absolute atomic E-state index is 13.9. The van der Waals surface area contributed by atoms with Gasteiger partial charge in [-0.05, 0) is 67.6 Å². The molecule has 250 valence electrons. The number of ether oxygens (including phenoxy) is 1. The number of aliphatic hydroxyl groups is 1. The fraction of sp³-hybridized carbons (Fsp3) is 0.529. The predicted molar refractivity (Wildman–Crippen MR) is 176 cm³/mol. The number of rotatable bonds is 10. The van der Waals surface area contributed by atoms with Crippen molar-refractivity contribution in [2.75, 3.05) is 33.2 Å². The van der Waals surface area contributed by atoms with Gasteiger partial charge in [0.1, 0.15) is 23.1 Å². The van der Waals surface area contributed by atoms with Crippen molar-refractivity contribution < 1.29 is 29.0 Å². The molecule has 4 amide bonds. The lowest BCUT2D eigenvalue weighted by Gasteiger charge is -2.52. The van der Waals surface area contributed by atoms with Crippen molar-refractivity contribution in [1.82, 2.24) is 25.8 Å². The fourth-order valence-corrected chi connectivity index (χ4v) is 6.93. The highest BCUT2D eigenvalue weighted by Crippen LogP contribution is 2.37. The zero-order chi connectivity index (χ0) is 32.0. The van der Waals surface area contributed by atoms with Gasteiger partial charge < -0.3 is 30.7 Å². The van der Waals surface area contributed by atoms with Gasteiger partial charge in [-0.2, -0.15) is 0 Å². The van der Waals surface area contributed by atoms with E-state index in [-0.39, 0.29) is 55.5 Å². The Labute approximate surface area is 276 Å². The summed E-state index contributed by atoms with van der Waals surface area (Å²) in [5.74, 6) is 0.640. The van der Waals surface area contributed by atoms with E-state index in [4.69, 9.17) is 4.74 Å². The molecule has 46 heavy (non-hydrogen) atoms. The Morgan fingerprint density at radius 3 is 2.15 bits per heavy atom. The Morgan fingerprint density at radius 1 is 0.957 bits per heavy atom. The van der Waals surface area contributed by atoms with Crippen molar-refractivity contribution >= 4 is 36.0 Å². The van der Waals surface area contributed by atoms with Crippen molar-refractivity contribution in [1.29, 1.82) is 0 Å². The fourth-order valence-electron chi connectivity index (χ4n) is 6.93. The average Bonchev–Trinajstić information content (AvgIpc) is 3.03.